The van der Waals surface area contributed by atoms with Gasteiger partial charge in [0.25, 0.3) is 0 Å². The highest BCUT2D eigenvalue weighted by Gasteiger charge is 2.36. The van der Waals surface area contributed by atoms with E-state index in [1.54, 1.807) is 0 Å². The summed E-state index contributed by atoms with van der Waals surface area (Å²) in [5.74, 6) is 0.734. The van der Waals surface area contributed by atoms with Gasteiger partial charge in [0.15, 0.2) is 5.96 Å². The average molecular weight is 355 g/mol. The molecule has 0 aromatic rings. The molecule has 0 aliphatic heterocycles. The molecular formula is C11H22IN3S. The van der Waals surface area contributed by atoms with E-state index >= 15 is 0 Å². The lowest BCUT2D eigenvalue weighted by Crippen LogP contribution is -2.40. The molecule has 2 aliphatic carbocycles. The van der Waals surface area contributed by atoms with Gasteiger partial charge >= 0.3 is 0 Å². The summed E-state index contributed by atoms with van der Waals surface area (Å²) in [6.07, 6.45) is 8.71. The third kappa shape index (κ3) is 3.18. The van der Waals surface area contributed by atoms with Crippen LogP contribution in [0.4, 0.5) is 0 Å². The number of thioether (sulfide) groups is 1. The van der Waals surface area contributed by atoms with Crippen molar-refractivity contribution in [3.63, 3.8) is 0 Å². The van der Waals surface area contributed by atoms with Gasteiger partial charge in [-0.2, -0.15) is 11.8 Å². The molecule has 0 bridgehead atoms. The molecule has 0 unspecified atom stereocenters. The first-order chi connectivity index (χ1) is 7.17. The Morgan fingerprint density at radius 2 is 2.12 bits per heavy atom. The fourth-order valence-corrected chi connectivity index (χ4v) is 2.87. The topological polar surface area (TPSA) is 41.6 Å². The molecule has 0 heterocycles. The molecule has 0 aromatic heterocycles. The number of aliphatic imine (C=N–C) groups is 1. The second-order valence-corrected chi connectivity index (χ2v) is 6.03. The third-order valence-electron chi connectivity index (χ3n) is 3.68. The van der Waals surface area contributed by atoms with E-state index < -0.39 is 0 Å². The monoisotopic (exact) mass is 355 g/mol. The lowest BCUT2D eigenvalue weighted by molar-refractivity contribution is 0.370. The second-order valence-electron chi connectivity index (χ2n) is 4.76. The average Bonchev–Trinajstić information content (AvgIpc) is 2.98. The Balaban J connectivity index is 0.00000128. The largest absolute Gasteiger partial charge is 0.370 e. The van der Waals surface area contributed by atoms with Crippen LogP contribution in [0.25, 0.3) is 0 Å². The van der Waals surface area contributed by atoms with E-state index in [1.807, 2.05) is 11.8 Å². The van der Waals surface area contributed by atoms with Crippen LogP contribution in [0.1, 0.15) is 32.1 Å². The third-order valence-corrected chi connectivity index (χ3v) is 5.09. The molecule has 2 fully saturated rings. The maximum atomic E-state index is 5.97. The fraction of sp³-hybridized carbons (Fsp3) is 0.909. The number of guanidine groups is 1. The van der Waals surface area contributed by atoms with Crippen molar-refractivity contribution in [1.82, 2.24) is 4.90 Å². The SMILES string of the molecule is CSC1(CN=C(N)N(C)C2CC2)CCC1.I. The fourth-order valence-electron chi connectivity index (χ4n) is 1.98. The normalized spacial score (nSPS) is 23.2. The predicted molar refractivity (Wildman–Crippen MR) is 82.8 cm³/mol. The highest BCUT2D eigenvalue weighted by Crippen LogP contribution is 2.42. The minimum atomic E-state index is 0. The van der Waals surface area contributed by atoms with E-state index in [0.29, 0.717) is 10.8 Å². The van der Waals surface area contributed by atoms with E-state index in [0.717, 1.165) is 12.5 Å². The van der Waals surface area contributed by atoms with E-state index in [9.17, 15) is 0 Å². The summed E-state index contributed by atoms with van der Waals surface area (Å²) < 4.78 is 0.412. The molecule has 0 radical (unpaired) electrons. The van der Waals surface area contributed by atoms with Gasteiger partial charge in [-0.15, -0.1) is 24.0 Å². The van der Waals surface area contributed by atoms with Crippen LogP contribution >= 0.6 is 35.7 Å². The maximum absolute atomic E-state index is 5.97. The molecule has 0 amide bonds. The first-order valence-electron chi connectivity index (χ1n) is 5.75. The number of hydrogen-bond acceptors (Lipinski definition) is 2. The Labute approximate surface area is 120 Å². The lowest BCUT2D eigenvalue weighted by atomic mass is 9.84. The number of rotatable bonds is 4. The molecule has 2 N–H and O–H groups in total. The van der Waals surface area contributed by atoms with Crippen LogP contribution in [0.15, 0.2) is 4.99 Å². The quantitative estimate of drug-likeness (QED) is 0.478. The van der Waals surface area contributed by atoms with Crippen LogP contribution in [-0.2, 0) is 0 Å². The number of nitrogens with zero attached hydrogens (tertiary/aromatic N) is 2. The van der Waals surface area contributed by atoms with Crippen molar-refractivity contribution in [3.8, 4) is 0 Å². The van der Waals surface area contributed by atoms with E-state index in [1.165, 1.54) is 32.1 Å². The minimum Gasteiger partial charge on any atom is -0.370 e. The first kappa shape index (κ1) is 14.4. The van der Waals surface area contributed by atoms with Gasteiger partial charge in [0, 0.05) is 17.8 Å². The first-order valence-corrected chi connectivity index (χ1v) is 6.97. The molecule has 0 spiro atoms. The number of halogens is 1. The summed E-state index contributed by atoms with van der Waals surface area (Å²) in [7, 11) is 2.06. The molecule has 0 aromatic carbocycles. The van der Waals surface area contributed by atoms with Gasteiger partial charge in [-0.05, 0) is 31.9 Å². The van der Waals surface area contributed by atoms with Crippen LogP contribution < -0.4 is 5.73 Å². The summed E-state index contributed by atoms with van der Waals surface area (Å²) in [6, 6.07) is 0.667. The van der Waals surface area contributed by atoms with E-state index in [4.69, 9.17) is 5.73 Å². The number of nitrogens with two attached hydrogens (primary N) is 1. The standard InChI is InChI=1S/C11H21N3S.HI/c1-14(9-4-5-9)10(12)13-8-11(15-2)6-3-7-11;/h9H,3-8H2,1-2H3,(H2,12,13);1H. The van der Waals surface area contributed by atoms with Crippen molar-refractivity contribution in [3.05, 3.63) is 0 Å². The maximum Gasteiger partial charge on any atom is 0.191 e. The molecule has 5 heteroatoms. The zero-order valence-electron chi connectivity index (χ0n) is 10.1. The molecule has 16 heavy (non-hydrogen) atoms. The zero-order valence-corrected chi connectivity index (χ0v) is 13.3. The molecule has 0 atom stereocenters. The molecule has 2 aliphatic rings. The van der Waals surface area contributed by atoms with Gasteiger partial charge in [-0.25, -0.2) is 0 Å². The molecular weight excluding hydrogens is 333 g/mol. The molecule has 3 nitrogen and oxygen atoms in total. The summed E-state index contributed by atoms with van der Waals surface area (Å²) >= 11 is 1.96. The Bertz CT molecular complexity index is 256. The Morgan fingerprint density at radius 3 is 2.50 bits per heavy atom. The predicted octanol–water partition coefficient (Wildman–Crippen LogP) is 2.30. The minimum absolute atomic E-state index is 0. The van der Waals surface area contributed by atoms with Crippen LogP contribution in [0, 0.1) is 0 Å². The Morgan fingerprint density at radius 1 is 1.50 bits per heavy atom. The Hall–Kier alpha value is 0.350. The molecule has 94 valence electrons. The van der Waals surface area contributed by atoms with Gasteiger partial charge in [0.05, 0.1) is 6.54 Å². The molecule has 2 rings (SSSR count). The van der Waals surface area contributed by atoms with Crippen LogP contribution in [0.5, 0.6) is 0 Å². The van der Waals surface area contributed by atoms with Crippen LogP contribution in [0.2, 0.25) is 0 Å². The summed E-state index contributed by atoms with van der Waals surface area (Å²) in [5, 5.41) is 0. The van der Waals surface area contributed by atoms with Crippen molar-refractivity contribution in [2.45, 2.75) is 42.9 Å². The van der Waals surface area contributed by atoms with Crippen molar-refractivity contribution in [2.75, 3.05) is 19.8 Å². The van der Waals surface area contributed by atoms with Crippen molar-refractivity contribution >= 4 is 41.7 Å². The van der Waals surface area contributed by atoms with Crippen LogP contribution in [-0.4, -0.2) is 41.5 Å². The summed E-state index contributed by atoms with van der Waals surface area (Å²) in [6.45, 7) is 0.900. The summed E-state index contributed by atoms with van der Waals surface area (Å²) in [4.78, 5) is 6.68. The number of hydrogen-bond donors (Lipinski definition) is 1. The van der Waals surface area contributed by atoms with Gasteiger partial charge in [0.2, 0.25) is 0 Å². The van der Waals surface area contributed by atoms with E-state index in [2.05, 4.69) is 23.2 Å². The van der Waals surface area contributed by atoms with Gasteiger partial charge in [-0.1, -0.05) is 6.42 Å². The van der Waals surface area contributed by atoms with Gasteiger partial charge in [-0.3, -0.25) is 4.99 Å². The van der Waals surface area contributed by atoms with Gasteiger partial charge in [0.1, 0.15) is 0 Å². The smallest absolute Gasteiger partial charge is 0.191 e. The van der Waals surface area contributed by atoms with Crippen molar-refractivity contribution in [1.29, 1.82) is 0 Å². The molecule has 0 saturated heterocycles. The Kier molecular flexibility index (Phi) is 5.22. The second kappa shape index (κ2) is 5.80. The lowest BCUT2D eigenvalue weighted by Gasteiger charge is -2.39. The van der Waals surface area contributed by atoms with E-state index in [-0.39, 0.29) is 24.0 Å². The van der Waals surface area contributed by atoms with Crippen molar-refractivity contribution < 1.29 is 0 Å². The van der Waals surface area contributed by atoms with Gasteiger partial charge < -0.3 is 10.6 Å². The highest BCUT2D eigenvalue weighted by molar-refractivity contribution is 14.0. The molecule has 2 saturated carbocycles. The highest BCUT2D eigenvalue weighted by atomic mass is 127. The van der Waals surface area contributed by atoms with Crippen molar-refractivity contribution in [2.24, 2.45) is 10.7 Å². The zero-order chi connectivity index (χ0) is 10.9. The van der Waals surface area contributed by atoms with Crippen LogP contribution in [0.3, 0.4) is 0 Å². The summed E-state index contributed by atoms with van der Waals surface area (Å²) in [5.41, 5.74) is 5.97.